The predicted molar refractivity (Wildman–Crippen MR) is 83.5 cm³/mol. The first kappa shape index (κ1) is 15.9. The van der Waals surface area contributed by atoms with Gasteiger partial charge in [-0.2, -0.15) is 0 Å². The second-order valence-corrected chi connectivity index (χ2v) is 4.69. The van der Waals surface area contributed by atoms with Gasteiger partial charge in [-0.15, -0.1) is 0 Å². The molecule has 0 saturated carbocycles. The minimum Gasteiger partial charge on any atom is -0.508 e. The Balaban J connectivity index is 1.90. The second kappa shape index (κ2) is 8.09. The molecule has 1 aromatic heterocycles. The van der Waals surface area contributed by atoms with E-state index in [0.717, 1.165) is 5.56 Å². The molecule has 2 rings (SSSR count). The molecule has 0 aliphatic carbocycles. The smallest absolute Gasteiger partial charge is 0.224 e. The molecule has 0 saturated heterocycles. The van der Waals surface area contributed by atoms with Crippen LogP contribution in [0.15, 0.2) is 36.7 Å². The van der Waals surface area contributed by atoms with Crippen LogP contribution in [0, 0.1) is 0 Å². The summed E-state index contributed by atoms with van der Waals surface area (Å²) in [7, 11) is 0. The molecular formula is C16H19N3O3. The molecule has 6 heteroatoms. The van der Waals surface area contributed by atoms with Crippen molar-refractivity contribution in [1.82, 2.24) is 9.97 Å². The number of rotatable bonds is 7. The molecule has 2 N–H and O–H groups in total. The topological polar surface area (TPSA) is 84.3 Å². The number of nitrogens with zero attached hydrogens (tertiary/aromatic N) is 2. The Kier molecular flexibility index (Phi) is 5.85. The second-order valence-electron chi connectivity index (χ2n) is 4.69. The summed E-state index contributed by atoms with van der Waals surface area (Å²) in [6.45, 7) is 3.16. The quantitative estimate of drug-likeness (QED) is 0.768. The first-order valence-corrected chi connectivity index (χ1v) is 7.18. The Labute approximate surface area is 129 Å². The van der Waals surface area contributed by atoms with Crippen LogP contribution in [0.3, 0.4) is 0 Å². The third-order valence-corrected chi connectivity index (χ3v) is 2.94. The molecule has 2 aromatic rings. The average molecular weight is 301 g/mol. The van der Waals surface area contributed by atoms with Gasteiger partial charge < -0.3 is 15.2 Å². The van der Waals surface area contributed by atoms with Gasteiger partial charge in [0.1, 0.15) is 5.75 Å². The Morgan fingerprint density at radius 3 is 2.77 bits per heavy atom. The minimum atomic E-state index is -0.0894. The van der Waals surface area contributed by atoms with Gasteiger partial charge in [-0.05, 0) is 25.5 Å². The minimum absolute atomic E-state index is 0.0894. The van der Waals surface area contributed by atoms with Crippen LogP contribution < -0.4 is 5.32 Å². The van der Waals surface area contributed by atoms with Gasteiger partial charge in [0.2, 0.25) is 5.91 Å². The molecule has 0 unspecified atom stereocenters. The van der Waals surface area contributed by atoms with E-state index >= 15 is 0 Å². The van der Waals surface area contributed by atoms with Crippen molar-refractivity contribution in [3.63, 3.8) is 0 Å². The zero-order valence-electron chi connectivity index (χ0n) is 12.5. The lowest BCUT2D eigenvalue weighted by Gasteiger charge is -2.06. The van der Waals surface area contributed by atoms with Crippen LogP contribution >= 0.6 is 0 Å². The monoisotopic (exact) mass is 301 g/mol. The van der Waals surface area contributed by atoms with E-state index in [-0.39, 0.29) is 11.7 Å². The number of ether oxygens (including phenoxy) is 1. The molecule has 0 bridgehead atoms. The molecule has 0 atom stereocenters. The van der Waals surface area contributed by atoms with E-state index in [4.69, 9.17) is 4.74 Å². The summed E-state index contributed by atoms with van der Waals surface area (Å²) in [5.41, 5.74) is 1.26. The highest BCUT2D eigenvalue weighted by Crippen LogP contribution is 2.20. The Hall–Kier alpha value is -2.47. The highest BCUT2D eigenvalue weighted by Gasteiger charge is 2.05. The Bertz CT molecular complexity index is 614. The third kappa shape index (κ3) is 4.82. The number of hydrogen-bond donors (Lipinski definition) is 2. The normalized spacial score (nSPS) is 10.4. The standard InChI is InChI=1S/C16H19N3O3/c1-2-22-8-4-7-15(21)19-13-10-17-16(18-11-13)12-5-3-6-14(20)9-12/h3,5-6,9-11,20H,2,4,7-8H2,1H3,(H,19,21). The number of amides is 1. The lowest BCUT2D eigenvalue weighted by molar-refractivity contribution is -0.116. The largest absolute Gasteiger partial charge is 0.508 e. The number of hydrogen-bond acceptors (Lipinski definition) is 5. The van der Waals surface area contributed by atoms with Crippen LogP contribution in [-0.4, -0.2) is 34.2 Å². The van der Waals surface area contributed by atoms with E-state index < -0.39 is 0 Å². The van der Waals surface area contributed by atoms with Crippen LogP contribution in [0.5, 0.6) is 5.75 Å². The van der Waals surface area contributed by atoms with Crippen molar-refractivity contribution < 1.29 is 14.6 Å². The maximum absolute atomic E-state index is 11.7. The van der Waals surface area contributed by atoms with E-state index in [1.807, 2.05) is 6.92 Å². The average Bonchev–Trinajstić information content (AvgIpc) is 2.52. The highest BCUT2D eigenvalue weighted by molar-refractivity contribution is 5.90. The summed E-state index contributed by atoms with van der Waals surface area (Å²) < 4.78 is 5.18. The SMILES string of the molecule is CCOCCCC(=O)Nc1cnc(-c2cccc(O)c2)nc1. The molecule has 1 amide bonds. The van der Waals surface area contributed by atoms with Crippen LogP contribution in [0.1, 0.15) is 19.8 Å². The van der Waals surface area contributed by atoms with Gasteiger partial charge in [0, 0.05) is 25.2 Å². The van der Waals surface area contributed by atoms with Crippen molar-refractivity contribution in [2.24, 2.45) is 0 Å². The first-order chi connectivity index (χ1) is 10.7. The predicted octanol–water partition coefficient (Wildman–Crippen LogP) is 2.60. The summed E-state index contributed by atoms with van der Waals surface area (Å²) in [6, 6.07) is 6.70. The summed E-state index contributed by atoms with van der Waals surface area (Å²) in [5, 5.41) is 12.2. The molecule has 6 nitrogen and oxygen atoms in total. The maximum Gasteiger partial charge on any atom is 0.224 e. The number of aromatic hydroxyl groups is 1. The van der Waals surface area contributed by atoms with Gasteiger partial charge in [0.05, 0.1) is 18.1 Å². The van der Waals surface area contributed by atoms with Crippen molar-refractivity contribution in [3.8, 4) is 17.1 Å². The number of aromatic nitrogens is 2. The number of carbonyl (C=O) groups excluding carboxylic acids is 1. The van der Waals surface area contributed by atoms with Crippen LogP contribution in [-0.2, 0) is 9.53 Å². The number of benzene rings is 1. The van der Waals surface area contributed by atoms with Crippen molar-refractivity contribution >= 4 is 11.6 Å². The zero-order chi connectivity index (χ0) is 15.8. The summed E-state index contributed by atoms with van der Waals surface area (Å²) in [4.78, 5) is 20.1. The van der Waals surface area contributed by atoms with E-state index in [1.54, 1.807) is 36.7 Å². The molecule has 1 heterocycles. The van der Waals surface area contributed by atoms with E-state index in [9.17, 15) is 9.90 Å². The number of anilines is 1. The van der Waals surface area contributed by atoms with Crippen molar-refractivity contribution in [2.45, 2.75) is 19.8 Å². The van der Waals surface area contributed by atoms with Crippen LogP contribution in [0.25, 0.3) is 11.4 Å². The van der Waals surface area contributed by atoms with Crippen molar-refractivity contribution in [1.29, 1.82) is 0 Å². The van der Waals surface area contributed by atoms with E-state index in [2.05, 4.69) is 15.3 Å². The molecular weight excluding hydrogens is 282 g/mol. The fraction of sp³-hybridized carbons (Fsp3) is 0.312. The van der Waals surface area contributed by atoms with Gasteiger partial charge in [0.15, 0.2) is 5.82 Å². The lowest BCUT2D eigenvalue weighted by Crippen LogP contribution is -2.12. The first-order valence-electron chi connectivity index (χ1n) is 7.18. The number of carbonyl (C=O) groups is 1. The highest BCUT2D eigenvalue weighted by atomic mass is 16.5. The molecule has 0 spiro atoms. The fourth-order valence-corrected chi connectivity index (χ4v) is 1.89. The summed E-state index contributed by atoms with van der Waals surface area (Å²) in [6.07, 6.45) is 4.18. The van der Waals surface area contributed by atoms with Crippen molar-refractivity contribution in [3.05, 3.63) is 36.7 Å². The Morgan fingerprint density at radius 2 is 2.09 bits per heavy atom. The van der Waals surface area contributed by atoms with E-state index in [1.165, 1.54) is 0 Å². The van der Waals surface area contributed by atoms with Gasteiger partial charge >= 0.3 is 0 Å². The van der Waals surface area contributed by atoms with Crippen LogP contribution in [0.2, 0.25) is 0 Å². The third-order valence-electron chi connectivity index (χ3n) is 2.94. The van der Waals surface area contributed by atoms with Crippen LogP contribution in [0.4, 0.5) is 5.69 Å². The Morgan fingerprint density at radius 1 is 1.32 bits per heavy atom. The molecule has 116 valence electrons. The zero-order valence-corrected chi connectivity index (χ0v) is 12.5. The molecule has 0 aliphatic rings. The van der Waals surface area contributed by atoms with Gasteiger partial charge in [-0.1, -0.05) is 12.1 Å². The fourth-order valence-electron chi connectivity index (χ4n) is 1.89. The number of nitrogens with one attached hydrogen (secondary N) is 1. The summed E-state index contributed by atoms with van der Waals surface area (Å²) in [5.74, 6) is 0.562. The molecule has 0 aliphatic heterocycles. The van der Waals surface area contributed by atoms with Gasteiger partial charge in [-0.3, -0.25) is 4.79 Å². The molecule has 22 heavy (non-hydrogen) atoms. The summed E-state index contributed by atoms with van der Waals surface area (Å²) >= 11 is 0. The van der Waals surface area contributed by atoms with Gasteiger partial charge in [0.25, 0.3) is 0 Å². The maximum atomic E-state index is 11.7. The van der Waals surface area contributed by atoms with Crippen molar-refractivity contribution in [2.75, 3.05) is 18.5 Å². The molecule has 1 aromatic carbocycles. The number of phenolic OH excluding ortho intramolecular Hbond substituents is 1. The van der Waals surface area contributed by atoms with Gasteiger partial charge in [-0.25, -0.2) is 9.97 Å². The van der Waals surface area contributed by atoms with E-state index in [0.29, 0.717) is 37.6 Å². The molecule has 0 radical (unpaired) electrons. The molecule has 0 fully saturated rings. The lowest BCUT2D eigenvalue weighted by atomic mass is 10.2. The number of phenols is 1.